The molecule has 1 aromatic carbocycles. The van der Waals surface area contributed by atoms with Crippen LogP contribution in [0.4, 0.5) is 0 Å². The molecule has 90 valence electrons. The van der Waals surface area contributed by atoms with Crippen LogP contribution in [0.5, 0.6) is 0 Å². The maximum atomic E-state index is 4.66. The fourth-order valence-corrected chi connectivity index (χ4v) is 2.67. The van der Waals surface area contributed by atoms with Gasteiger partial charge in [-0.15, -0.1) is 0 Å². The molecule has 1 aliphatic carbocycles. The molecule has 1 aliphatic rings. The van der Waals surface area contributed by atoms with E-state index in [9.17, 15) is 0 Å². The van der Waals surface area contributed by atoms with E-state index in [1.165, 1.54) is 42.3 Å². The number of nitrogens with one attached hydrogen (secondary N) is 1. The molecule has 1 N–H and O–H groups in total. The summed E-state index contributed by atoms with van der Waals surface area (Å²) in [7, 11) is 4.14. The van der Waals surface area contributed by atoms with Crippen molar-refractivity contribution in [3.05, 3.63) is 29.1 Å². The third-order valence-corrected chi connectivity index (χ3v) is 3.46. The van der Waals surface area contributed by atoms with Crippen LogP contribution in [0.2, 0.25) is 0 Å². The van der Waals surface area contributed by atoms with Gasteiger partial charge >= 0.3 is 0 Å². The molecule has 0 atom stereocenters. The van der Waals surface area contributed by atoms with Gasteiger partial charge in [0.2, 0.25) is 0 Å². The first-order chi connectivity index (χ1) is 8.22. The molecule has 1 heterocycles. The van der Waals surface area contributed by atoms with E-state index in [0.717, 1.165) is 17.9 Å². The van der Waals surface area contributed by atoms with Crippen molar-refractivity contribution in [1.82, 2.24) is 14.9 Å². The first-order valence-corrected chi connectivity index (χ1v) is 6.37. The van der Waals surface area contributed by atoms with Crippen molar-refractivity contribution < 1.29 is 0 Å². The molecular weight excluding hydrogens is 210 g/mol. The molecule has 3 nitrogen and oxygen atoms in total. The van der Waals surface area contributed by atoms with E-state index in [-0.39, 0.29) is 0 Å². The minimum absolute atomic E-state index is 0.874. The van der Waals surface area contributed by atoms with Crippen molar-refractivity contribution in [2.45, 2.75) is 32.2 Å². The second kappa shape index (κ2) is 4.15. The van der Waals surface area contributed by atoms with Crippen LogP contribution >= 0.6 is 0 Å². The largest absolute Gasteiger partial charge is 0.341 e. The molecule has 0 amide bonds. The van der Waals surface area contributed by atoms with E-state index >= 15 is 0 Å². The summed E-state index contributed by atoms with van der Waals surface area (Å²) in [6, 6.07) is 4.58. The highest BCUT2D eigenvalue weighted by molar-refractivity contribution is 5.77. The van der Waals surface area contributed by atoms with Gasteiger partial charge in [0.05, 0.1) is 17.6 Å². The average molecular weight is 229 g/mol. The Hall–Kier alpha value is -1.35. The van der Waals surface area contributed by atoms with Gasteiger partial charge in [0, 0.05) is 0 Å². The molecule has 0 saturated carbocycles. The third kappa shape index (κ3) is 2.07. The minimum Gasteiger partial charge on any atom is -0.341 e. The first kappa shape index (κ1) is 10.8. The summed E-state index contributed by atoms with van der Waals surface area (Å²) in [6.07, 6.45) is 5.11. The standard InChI is InChI=1S/C14H19N3/c1-17(2)9-14-15-12-7-10-5-3-4-6-11(10)8-13(12)16-14/h7-8H,3-6,9H2,1-2H3,(H,15,16). The zero-order valence-corrected chi connectivity index (χ0v) is 10.6. The third-order valence-electron chi connectivity index (χ3n) is 3.46. The van der Waals surface area contributed by atoms with Crippen molar-refractivity contribution >= 4 is 11.0 Å². The van der Waals surface area contributed by atoms with Gasteiger partial charge in [0.25, 0.3) is 0 Å². The Bertz CT molecular complexity index is 497. The number of aromatic nitrogens is 2. The SMILES string of the molecule is CN(C)Cc1nc2cc3c(cc2[nH]1)CCCC3. The molecule has 0 unspecified atom stereocenters. The van der Waals surface area contributed by atoms with Crippen LogP contribution in [0.25, 0.3) is 11.0 Å². The van der Waals surface area contributed by atoms with E-state index in [1.807, 2.05) is 0 Å². The Morgan fingerprint density at radius 3 is 2.59 bits per heavy atom. The van der Waals surface area contributed by atoms with Crippen molar-refractivity contribution in [1.29, 1.82) is 0 Å². The summed E-state index contributed by atoms with van der Waals surface area (Å²) in [6.45, 7) is 0.874. The number of aromatic amines is 1. The number of imidazole rings is 1. The molecule has 0 bridgehead atoms. The normalized spacial score (nSPS) is 15.5. The van der Waals surface area contributed by atoms with E-state index in [1.54, 1.807) is 0 Å². The molecule has 0 radical (unpaired) electrons. The first-order valence-electron chi connectivity index (χ1n) is 6.37. The average Bonchev–Trinajstić information content (AvgIpc) is 2.65. The van der Waals surface area contributed by atoms with E-state index in [0.29, 0.717) is 0 Å². The minimum atomic E-state index is 0.874. The van der Waals surface area contributed by atoms with E-state index in [4.69, 9.17) is 0 Å². The van der Waals surface area contributed by atoms with E-state index < -0.39 is 0 Å². The van der Waals surface area contributed by atoms with Gasteiger partial charge in [-0.25, -0.2) is 4.98 Å². The molecule has 0 saturated heterocycles. The quantitative estimate of drug-likeness (QED) is 0.858. The molecule has 3 rings (SSSR count). The topological polar surface area (TPSA) is 31.9 Å². The Morgan fingerprint density at radius 2 is 1.88 bits per heavy atom. The number of hydrogen-bond donors (Lipinski definition) is 1. The van der Waals surface area contributed by atoms with Crippen molar-refractivity contribution in [3.8, 4) is 0 Å². The number of benzene rings is 1. The summed E-state index contributed by atoms with van der Waals surface area (Å²) in [5, 5.41) is 0. The monoisotopic (exact) mass is 229 g/mol. The molecular formula is C14H19N3. The van der Waals surface area contributed by atoms with Crippen LogP contribution in [0.1, 0.15) is 29.8 Å². The molecule has 3 heteroatoms. The lowest BCUT2D eigenvalue weighted by Gasteiger charge is -2.14. The van der Waals surface area contributed by atoms with Crippen molar-refractivity contribution in [2.24, 2.45) is 0 Å². The molecule has 0 fully saturated rings. The summed E-state index contributed by atoms with van der Waals surface area (Å²) in [5.74, 6) is 1.06. The van der Waals surface area contributed by atoms with Crippen LogP contribution in [0.3, 0.4) is 0 Å². The Balaban J connectivity index is 2.03. The molecule has 2 aromatic rings. The van der Waals surface area contributed by atoms with Crippen molar-refractivity contribution in [2.75, 3.05) is 14.1 Å². The van der Waals surface area contributed by atoms with Crippen molar-refractivity contribution in [3.63, 3.8) is 0 Å². The fraction of sp³-hybridized carbons (Fsp3) is 0.500. The summed E-state index contributed by atoms with van der Waals surface area (Å²) in [5.41, 5.74) is 5.35. The van der Waals surface area contributed by atoms with Crippen LogP contribution in [-0.2, 0) is 19.4 Å². The smallest absolute Gasteiger partial charge is 0.121 e. The van der Waals surface area contributed by atoms with Gasteiger partial charge in [-0.2, -0.15) is 0 Å². The number of aryl methyl sites for hydroxylation is 2. The summed E-state index contributed by atoms with van der Waals surface area (Å²) < 4.78 is 0. The van der Waals surface area contributed by atoms with Crippen LogP contribution in [-0.4, -0.2) is 29.0 Å². The van der Waals surface area contributed by atoms with Gasteiger partial charge in [0.15, 0.2) is 0 Å². The van der Waals surface area contributed by atoms with E-state index in [2.05, 4.69) is 41.1 Å². The second-order valence-electron chi connectivity index (χ2n) is 5.27. The lowest BCUT2D eigenvalue weighted by atomic mass is 9.91. The van der Waals surface area contributed by atoms with Crippen LogP contribution < -0.4 is 0 Å². The van der Waals surface area contributed by atoms with Gasteiger partial charge in [0.1, 0.15) is 5.82 Å². The lowest BCUT2D eigenvalue weighted by Crippen LogP contribution is -2.11. The predicted molar refractivity (Wildman–Crippen MR) is 70.1 cm³/mol. The number of H-pyrrole nitrogens is 1. The van der Waals surface area contributed by atoms with Crippen LogP contribution in [0, 0.1) is 0 Å². The highest BCUT2D eigenvalue weighted by atomic mass is 15.1. The molecule has 0 aliphatic heterocycles. The van der Waals surface area contributed by atoms with Gasteiger partial charge in [-0.05, 0) is 63.0 Å². The van der Waals surface area contributed by atoms with Gasteiger partial charge in [-0.3, -0.25) is 0 Å². The Morgan fingerprint density at radius 1 is 1.18 bits per heavy atom. The highest BCUT2D eigenvalue weighted by Crippen LogP contribution is 2.25. The zero-order chi connectivity index (χ0) is 11.8. The maximum absolute atomic E-state index is 4.66. The number of hydrogen-bond acceptors (Lipinski definition) is 2. The Kier molecular flexibility index (Phi) is 2.63. The number of rotatable bonds is 2. The Labute approximate surface area is 102 Å². The second-order valence-corrected chi connectivity index (χ2v) is 5.27. The molecule has 1 aromatic heterocycles. The van der Waals surface area contributed by atoms with Gasteiger partial charge in [-0.1, -0.05) is 0 Å². The lowest BCUT2D eigenvalue weighted by molar-refractivity contribution is 0.392. The highest BCUT2D eigenvalue weighted by Gasteiger charge is 2.12. The number of fused-ring (bicyclic) bond motifs is 2. The predicted octanol–water partition coefficient (Wildman–Crippen LogP) is 2.50. The molecule has 17 heavy (non-hydrogen) atoms. The number of nitrogens with zero attached hydrogens (tertiary/aromatic N) is 2. The summed E-state index contributed by atoms with van der Waals surface area (Å²) >= 11 is 0. The fourth-order valence-electron chi connectivity index (χ4n) is 2.67. The van der Waals surface area contributed by atoms with Crippen LogP contribution in [0.15, 0.2) is 12.1 Å². The zero-order valence-electron chi connectivity index (χ0n) is 10.6. The molecule has 0 spiro atoms. The summed E-state index contributed by atoms with van der Waals surface area (Å²) in [4.78, 5) is 10.2. The maximum Gasteiger partial charge on any atom is 0.121 e. The van der Waals surface area contributed by atoms with Gasteiger partial charge < -0.3 is 9.88 Å².